The summed E-state index contributed by atoms with van der Waals surface area (Å²) in [4.78, 5) is 42.6. The van der Waals surface area contributed by atoms with Gasteiger partial charge in [-0.3, -0.25) is 4.79 Å². The van der Waals surface area contributed by atoms with Crippen molar-refractivity contribution in [2.75, 3.05) is 36.4 Å². The fourth-order valence-electron chi connectivity index (χ4n) is 2.93. The van der Waals surface area contributed by atoms with Gasteiger partial charge in [0.2, 0.25) is 11.9 Å². The number of rotatable bonds is 5. The first-order chi connectivity index (χ1) is 13.5. The monoisotopic (exact) mass is 403 g/mol. The number of hydrogen-bond acceptors (Lipinski definition) is 7. The standard InChI is InChI=1S/C18H25N7O2S/c1-4-14-13(3)28-17(22-14)23-15(26)12(2)21-18(27)25-10-8-24(9-11-25)16-19-6-5-7-20-16/h5-7,12H,4,8-11H2,1-3H3,(H,21,27)(H,22,23,26)/t12-/m0/s1. The van der Waals surface area contributed by atoms with Crippen LogP contribution in [0.2, 0.25) is 0 Å². The van der Waals surface area contributed by atoms with Crippen molar-refractivity contribution in [2.24, 2.45) is 0 Å². The Bertz CT molecular complexity index is 819. The molecule has 0 aromatic carbocycles. The zero-order valence-electron chi connectivity index (χ0n) is 16.3. The van der Waals surface area contributed by atoms with Crippen LogP contribution in [0.1, 0.15) is 24.4 Å². The van der Waals surface area contributed by atoms with E-state index in [-0.39, 0.29) is 11.9 Å². The van der Waals surface area contributed by atoms with Gasteiger partial charge in [0.15, 0.2) is 5.13 Å². The van der Waals surface area contributed by atoms with Gasteiger partial charge in [-0.1, -0.05) is 6.92 Å². The van der Waals surface area contributed by atoms with E-state index in [1.165, 1.54) is 11.3 Å². The maximum absolute atomic E-state index is 12.5. The number of aryl methyl sites for hydroxylation is 2. The van der Waals surface area contributed by atoms with Crippen molar-refractivity contribution in [2.45, 2.75) is 33.2 Å². The lowest BCUT2D eigenvalue weighted by Gasteiger charge is -2.35. The molecule has 2 aromatic rings. The van der Waals surface area contributed by atoms with Gasteiger partial charge >= 0.3 is 6.03 Å². The summed E-state index contributed by atoms with van der Waals surface area (Å²) in [5.41, 5.74) is 0.984. The number of nitrogens with one attached hydrogen (secondary N) is 2. The first-order valence-corrected chi connectivity index (χ1v) is 10.1. The molecule has 0 bridgehead atoms. The van der Waals surface area contributed by atoms with Gasteiger partial charge in [-0.2, -0.15) is 0 Å². The van der Waals surface area contributed by atoms with Gasteiger partial charge in [0, 0.05) is 43.4 Å². The molecule has 150 valence electrons. The van der Waals surface area contributed by atoms with Crippen molar-refractivity contribution < 1.29 is 9.59 Å². The highest BCUT2D eigenvalue weighted by atomic mass is 32.1. The molecule has 2 aromatic heterocycles. The Balaban J connectivity index is 1.48. The summed E-state index contributed by atoms with van der Waals surface area (Å²) >= 11 is 1.45. The highest BCUT2D eigenvalue weighted by Crippen LogP contribution is 2.22. The molecule has 10 heteroatoms. The number of thiazole rings is 1. The summed E-state index contributed by atoms with van der Waals surface area (Å²) in [5.74, 6) is 0.390. The summed E-state index contributed by atoms with van der Waals surface area (Å²) in [6.07, 6.45) is 4.23. The molecule has 1 aliphatic heterocycles. The van der Waals surface area contributed by atoms with Gasteiger partial charge in [-0.05, 0) is 26.3 Å². The van der Waals surface area contributed by atoms with E-state index in [1.54, 1.807) is 30.3 Å². The third-order valence-corrected chi connectivity index (χ3v) is 5.52. The van der Waals surface area contributed by atoms with E-state index < -0.39 is 6.04 Å². The van der Waals surface area contributed by atoms with Crippen molar-refractivity contribution in [3.8, 4) is 0 Å². The van der Waals surface area contributed by atoms with Crippen LogP contribution in [0.25, 0.3) is 0 Å². The van der Waals surface area contributed by atoms with Gasteiger partial charge in [-0.15, -0.1) is 11.3 Å². The number of piperazine rings is 1. The first kappa shape index (κ1) is 20.0. The highest BCUT2D eigenvalue weighted by molar-refractivity contribution is 7.15. The lowest BCUT2D eigenvalue weighted by molar-refractivity contribution is -0.117. The van der Waals surface area contributed by atoms with Crippen LogP contribution in [0.15, 0.2) is 18.5 Å². The number of amides is 3. The summed E-state index contributed by atoms with van der Waals surface area (Å²) in [6.45, 7) is 8.07. The molecule has 9 nitrogen and oxygen atoms in total. The van der Waals surface area contributed by atoms with E-state index in [2.05, 4.69) is 25.6 Å². The van der Waals surface area contributed by atoms with Crippen LogP contribution in [-0.4, -0.2) is 64.0 Å². The lowest BCUT2D eigenvalue weighted by Crippen LogP contribution is -2.55. The van der Waals surface area contributed by atoms with Crippen molar-refractivity contribution in [3.05, 3.63) is 29.0 Å². The molecule has 3 heterocycles. The fraction of sp³-hybridized carbons (Fsp3) is 0.500. The van der Waals surface area contributed by atoms with Gasteiger partial charge in [0.1, 0.15) is 6.04 Å². The normalized spacial score (nSPS) is 15.2. The molecule has 1 atom stereocenters. The van der Waals surface area contributed by atoms with E-state index in [0.717, 1.165) is 17.0 Å². The summed E-state index contributed by atoms with van der Waals surface area (Å²) in [6, 6.07) is 0.869. The average Bonchev–Trinajstić information content (AvgIpc) is 3.07. The zero-order valence-corrected chi connectivity index (χ0v) is 17.1. The van der Waals surface area contributed by atoms with Gasteiger partial charge in [-0.25, -0.2) is 19.7 Å². The molecule has 0 saturated carbocycles. The second kappa shape index (κ2) is 8.96. The predicted octanol–water partition coefficient (Wildman–Crippen LogP) is 1.66. The molecule has 0 unspecified atom stereocenters. The van der Waals surface area contributed by atoms with Gasteiger partial charge in [0.25, 0.3) is 0 Å². The summed E-state index contributed by atoms with van der Waals surface area (Å²) in [7, 11) is 0. The second-order valence-electron chi connectivity index (χ2n) is 6.56. The van der Waals surface area contributed by atoms with Crippen LogP contribution in [-0.2, 0) is 11.2 Å². The molecule has 1 fully saturated rings. The van der Waals surface area contributed by atoms with Crippen LogP contribution in [0.3, 0.4) is 0 Å². The van der Waals surface area contributed by atoms with E-state index in [0.29, 0.717) is 37.3 Å². The Kier molecular flexibility index (Phi) is 6.40. The maximum atomic E-state index is 12.5. The van der Waals surface area contributed by atoms with Gasteiger partial charge in [0.05, 0.1) is 5.69 Å². The van der Waals surface area contributed by atoms with Crippen molar-refractivity contribution in [1.82, 2.24) is 25.2 Å². The second-order valence-corrected chi connectivity index (χ2v) is 7.76. The Hall–Kier alpha value is -2.75. The molecule has 3 amide bonds. The highest BCUT2D eigenvalue weighted by Gasteiger charge is 2.25. The third kappa shape index (κ3) is 4.75. The summed E-state index contributed by atoms with van der Waals surface area (Å²) < 4.78 is 0. The molecular weight excluding hydrogens is 378 g/mol. The number of nitrogens with zero attached hydrogens (tertiary/aromatic N) is 5. The molecule has 0 radical (unpaired) electrons. The quantitative estimate of drug-likeness (QED) is 0.787. The Morgan fingerprint density at radius 2 is 1.89 bits per heavy atom. The number of anilines is 2. The molecule has 28 heavy (non-hydrogen) atoms. The van der Waals surface area contributed by atoms with Crippen molar-refractivity contribution in [3.63, 3.8) is 0 Å². The Labute approximate surface area is 168 Å². The Morgan fingerprint density at radius 3 is 2.50 bits per heavy atom. The smallest absolute Gasteiger partial charge is 0.318 e. The van der Waals surface area contributed by atoms with E-state index in [9.17, 15) is 9.59 Å². The van der Waals surface area contributed by atoms with Crippen molar-refractivity contribution in [1.29, 1.82) is 0 Å². The molecule has 0 spiro atoms. The number of aromatic nitrogens is 3. The molecule has 3 rings (SSSR count). The van der Waals surface area contributed by atoms with Crippen LogP contribution < -0.4 is 15.5 Å². The van der Waals surface area contributed by atoms with Gasteiger partial charge < -0.3 is 20.4 Å². The lowest BCUT2D eigenvalue weighted by atomic mass is 10.3. The molecule has 2 N–H and O–H groups in total. The predicted molar refractivity (Wildman–Crippen MR) is 109 cm³/mol. The number of urea groups is 1. The van der Waals surface area contributed by atoms with E-state index in [4.69, 9.17) is 0 Å². The molecule has 1 aliphatic rings. The van der Waals surface area contributed by atoms with Crippen molar-refractivity contribution >= 4 is 34.4 Å². The SMILES string of the molecule is CCc1nc(NC(=O)[C@H](C)NC(=O)N2CCN(c3ncccn3)CC2)sc1C. The maximum Gasteiger partial charge on any atom is 0.318 e. The fourth-order valence-corrected chi connectivity index (χ4v) is 3.83. The largest absolute Gasteiger partial charge is 0.337 e. The minimum atomic E-state index is -0.655. The first-order valence-electron chi connectivity index (χ1n) is 9.32. The topological polar surface area (TPSA) is 103 Å². The minimum Gasteiger partial charge on any atom is -0.337 e. The zero-order chi connectivity index (χ0) is 20.1. The summed E-state index contributed by atoms with van der Waals surface area (Å²) in [5, 5.41) is 6.11. The van der Waals surface area contributed by atoms with Crippen LogP contribution >= 0.6 is 11.3 Å². The van der Waals surface area contributed by atoms with E-state index in [1.807, 2.05) is 18.7 Å². The molecule has 1 saturated heterocycles. The van der Waals surface area contributed by atoms with Crippen LogP contribution in [0.5, 0.6) is 0 Å². The third-order valence-electron chi connectivity index (χ3n) is 4.59. The molecule has 0 aliphatic carbocycles. The van der Waals surface area contributed by atoms with E-state index >= 15 is 0 Å². The number of carbonyl (C=O) groups excluding carboxylic acids is 2. The Morgan fingerprint density at radius 1 is 1.21 bits per heavy atom. The minimum absolute atomic E-state index is 0.249. The average molecular weight is 404 g/mol. The number of hydrogen-bond donors (Lipinski definition) is 2. The number of carbonyl (C=O) groups is 2. The molecular formula is C18H25N7O2S. The van der Waals surface area contributed by atoms with Crippen LogP contribution in [0, 0.1) is 6.92 Å². The van der Waals surface area contributed by atoms with Crippen LogP contribution in [0.4, 0.5) is 15.9 Å².